The highest BCUT2D eigenvalue weighted by Gasteiger charge is 2.17. The van der Waals surface area contributed by atoms with Gasteiger partial charge in [0.05, 0.1) is 6.54 Å². The number of likely N-dealkylation sites (N-methyl/N-ethyl adjacent to an activating group) is 1. The monoisotopic (exact) mass is 372 g/mol. The van der Waals surface area contributed by atoms with Crippen molar-refractivity contribution >= 4 is 17.5 Å². The molecule has 148 valence electrons. The van der Waals surface area contributed by atoms with E-state index in [2.05, 4.69) is 15.1 Å². The maximum atomic E-state index is 12.7. The average Bonchev–Trinajstić information content (AvgIpc) is 3.19. The molecule has 0 aliphatic carbocycles. The zero-order chi connectivity index (χ0) is 19.1. The molecule has 0 saturated carbocycles. The SMILES string of the molecule is CN(CCN1CCCCC1)C(=O)c1cccc(NC(=O)CN2CCCC2)c1. The molecule has 1 aromatic rings. The van der Waals surface area contributed by atoms with Gasteiger partial charge in [0.15, 0.2) is 0 Å². The lowest BCUT2D eigenvalue weighted by Gasteiger charge is -2.28. The number of likely N-dealkylation sites (tertiary alicyclic amines) is 2. The molecule has 2 saturated heterocycles. The summed E-state index contributed by atoms with van der Waals surface area (Å²) in [6.07, 6.45) is 6.18. The molecule has 0 radical (unpaired) electrons. The first-order chi connectivity index (χ1) is 13.1. The number of rotatable bonds is 7. The van der Waals surface area contributed by atoms with Crippen molar-refractivity contribution in [2.24, 2.45) is 0 Å². The van der Waals surface area contributed by atoms with Crippen molar-refractivity contribution in [2.75, 3.05) is 58.2 Å². The van der Waals surface area contributed by atoms with E-state index in [0.717, 1.165) is 39.3 Å². The minimum Gasteiger partial charge on any atom is -0.340 e. The molecule has 0 bridgehead atoms. The van der Waals surface area contributed by atoms with Gasteiger partial charge in [0.1, 0.15) is 0 Å². The Morgan fingerprint density at radius 3 is 2.41 bits per heavy atom. The number of nitrogens with one attached hydrogen (secondary N) is 1. The van der Waals surface area contributed by atoms with E-state index in [4.69, 9.17) is 0 Å². The number of amides is 2. The maximum absolute atomic E-state index is 12.7. The summed E-state index contributed by atoms with van der Waals surface area (Å²) in [6.45, 7) is 6.34. The van der Waals surface area contributed by atoms with Gasteiger partial charge in [0, 0.05) is 31.4 Å². The van der Waals surface area contributed by atoms with Crippen LogP contribution in [0.3, 0.4) is 0 Å². The number of benzene rings is 1. The van der Waals surface area contributed by atoms with Crippen LogP contribution in [0.2, 0.25) is 0 Å². The highest BCUT2D eigenvalue weighted by molar-refractivity contribution is 5.97. The van der Waals surface area contributed by atoms with Crippen molar-refractivity contribution < 1.29 is 9.59 Å². The molecule has 6 nitrogen and oxygen atoms in total. The first-order valence-corrected chi connectivity index (χ1v) is 10.2. The second kappa shape index (κ2) is 9.85. The Labute approximate surface area is 162 Å². The van der Waals surface area contributed by atoms with E-state index in [1.807, 2.05) is 25.2 Å². The van der Waals surface area contributed by atoms with Crippen molar-refractivity contribution in [2.45, 2.75) is 32.1 Å². The summed E-state index contributed by atoms with van der Waals surface area (Å²) in [5, 5.41) is 2.93. The summed E-state index contributed by atoms with van der Waals surface area (Å²) in [5.41, 5.74) is 1.31. The lowest BCUT2D eigenvalue weighted by atomic mass is 10.1. The maximum Gasteiger partial charge on any atom is 0.253 e. The molecule has 0 atom stereocenters. The van der Waals surface area contributed by atoms with Crippen molar-refractivity contribution in [3.8, 4) is 0 Å². The summed E-state index contributed by atoms with van der Waals surface area (Å²) >= 11 is 0. The third-order valence-electron chi connectivity index (χ3n) is 5.51. The van der Waals surface area contributed by atoms with Crippen LogP contribution in [-0.2, 0) is 4.79 Å². The van der Waals surface area contributed by atoms with Gasteiger partial charge in [-0.25, -0.2) is 0 Å². The van der Waals surface area contributed by atoms with Gasteiger partial charge >= 0.3 is 0 Å². The molecule has 0 unspecified atom stereocenters. The second-order valence-electron chi connectivity index (χ2n) is 7.74. The van der Waals surface area contributed by atoms with E-state index in [9.17, 15) is 9.59 Å². The Morgan fingerprint density at radius 1 is 1.00 bits per heavy atom. The number of carbonyl (C=O) groups excluding carboxylic acids is 2. The van der Waals surface area contributed by atoms with Crippen LogP contribution >= 0.6 is 0 Å². The van der Waals surface area contributed by atoms with Crippen LogP contribution in [0, 0.1) is 0 Å². The van der Waals surface area contributed by atoms with Gasteiger partial charge in [-0.15, -0.1) is 0 Å². The standard InChI is InChI=1S/C21H32N4O2/c1-23(14-15-24-10-3-2-4-11-24)21(27)18-8-7-9-19(16-18)22-20(26)17-25-12-5-6-13-25/h7-9,16H,2-6,10-15,17H2,1H3,(H,22,26). The summed E-state index contributed by atoms with van der Waals surface area (Å²) in [6, 6.07) is 7.26. The molecule has 3 rings (SSSR count). The Bertz CT molecular complexity index is 637. The van der Waals surface area contributed by atoms with Gasteiger partial charge in [-0.3, -0.25) is 14.5 Å². The molecule has 27 heavy (non-hydrogen) atoms. The topological polar surface area (TPSA) is 55.9 Å². The van der Waals surface area contributed by atoms with Crippen LogP contribution in [0.1, 0.15) is 42.5 Å². The number of anilines is 1. The molecular weight excluding hydrogens is 340 g/mol. The number of nitrogens with zero attached hydrogens (tertiary/aromatic N) is 3. The molecule has 0 spiro atoms. The Kier molecular flexibility index (Phi) is 7.24. The Balaban J connectivity index is 1.50. The van der Waals surface area contributed by atoms with Gasteiger partial charge in [0.2, 0.25) is 5.91 Å². The van der Waals surface area contributed by atoms with Gasteiger partial charge < -0.3 is 15.1 Å². The van der Waals surface area contributed by atoms with Crippen molar-refractivity contribution in [1.82, 2.24) is 14.7 Å². The van der Waals surface area contributed by atoms with Crippen LogP contribution < -0.4 is 5.32 Å². The lowest BCUT2D eigenvalue weighted by molar-refractivity contribution is -0.117. The van der Waals surface area contributed by atoms with E-state index < -0.39 is 0 Å². The normalized spacial score (nSPS) is 18.4. The third-order valence-corrected chi connectivity index (χ3v) is 5.51. The van der Waals surface area contributed by atoms with E-state index in [-0.39, 0.29) is 11.8 Å². The predicted molar refractivity (Wildman–Crippen MR) is 108 cm³/mol. The lowest BCUT2D eigenvalue weighted by Crippen LogP contribution is -2.38. The van der Waals surface area contributed by atoms with Crippen LogP contribution in [0.25, 0.3) is 0 Å². The van der Waals surface area contributed by atoms with E-state index in [1.54, 1.807) is 11.0 Å². The molecule has 2 fully saturated rings. The van der Waals surface area contributed by atoms with Gasteiger partial charge in [-0.05, 0) is 70.1 Å². The predicted octanol–water partition coefficient (Wildman–Crippen LogP) is 2.28. The smallest absolute Gasteiger partial charge is 0.253 e. The largest absolute Gasteiger partial charge is 0.340 e. The number of piperidine rings is 1. The van der Waals surface area contributed by atoms with Crippen molar-refractivity contribution in [3.63, 3.8) is 0 Å². The first kappa shape index (κ1) is 19.8. The van der Waals surface area contributed by atoms with Crippen molar-refractivity contribution in [1.29, 1.82) is 0 Å². The average molecular weight is 373 g/mol. The quantitative estimate of drug-likeness (QED) is 0.798. The Hall–Kier alpha value is -1.92. The van der Waals surface area contributed by atoms with Crippen LogP contribution in [0.4, 0.5) is 5.69 Å². The second-order valence-corrected chi connectivity index (χ2v) is 7.74. The Morgan fingerprint density at radius 2 is 1.67 bits per heavy atom. The minimum absolute atomic E-state index is 0.00245. The van der Waals surface area contributed by atoms with Gasteiger partial charge in [-0.2, -0.15) is 0 Å². The number of hydrogen-bond acceptors (Lipinski definition) is 4. The van der Waals surface area contributed by atoms with E-state index in [1.165, 1.54) is 32.1 Å². The molecule has 6 heteroatoms. The molecule has 1 aromatic carbocycles. The van der Waals surface area contributed by atoms with Crippen LogP contribution in [0.15, 0.2) is 24.3 Å². The van der Waals surface area contributed by atoms with Crippen molar-refractivity contribution in [3.05, 3.63) is 29.8 Å². The molecule has 0 aromatic heterocycles. The summed E-state index contributed by atoms with van der Waals surface area (Å²) < 4.78 is 0. The molecule has 1 N–H and O–H groups in total. The van der Waals surface area contributed by atoms with E-state index in [0.29, 0.717) is 17.8 Å². The minimum atomic E-state index is -0.0139. The van der Waals surface area contributed by atoms with E-state index >= 15 is 0 Å². The third kappa shape index (κ3) is 6.04. The first-order valence-electron chi connectivity index (χ1n) is 10.2. The summed E-state index contributed by atoms with van der Waals surface area (Å²) in [4.78, 5) is 31.3. The fraction of sp³-hybridized carbons (Fsp3) is 0.619. The highest BCUT2D eigenvalue weighted by atomic mass is 16.2. The zero-order valence-electron chi connectivity index (χ0n) is 16.5. The summed E-state index contributed by atoms with van der Waals surface area (Å²) in [7, 11) is 1.85. The zero-order valence-corrected chi connectivity index (χ0v) is 16.5. The number of carbonyl (C=O) groups is 2. The fourth-order valence-corrected chi connectivity index (χ4v) is 3.87. The van der Waals surface area contributed by atoms with Crippen LogP contribution in [-0.4, -0.2) is 79.4 Å². The number of hydrogen-bond donors (Lipinski definition) is 1. The molecule has 2 aliphatic rings. The van der Waals surface area contributed by atoms with Gasteiger partial charge in [-0.1, -0.05) is 12.5 Å². The van der Waals surface area contributed by atoms with Gasteiger partial charge in [0.25, 0.3) is 5.91 Å². The molecule has 2 heterocycles. The molecule has 2 aliphatic heterocycles. The highest BCUT2D eigenvalue weighted by Crippen LogP contribution is 2.14. The summed E-state index contributed by atoms with van der Waals surface area (Å²) in [5.74, 6) is -0.0115. The fourth-order valence-electron chi connectivity index (χ4n) is 3.87. The molecular formula is C21H32N4O2. The molecule has 2 amide bonds. The van der Waals surface area contributed by atoms with Crippen LogP contribution in [0.5, 0.6) is 0 Å².